The number of nitrogens with two attached hydrogens (primary N) is 2. The summed E-state index contributed by atoms with van der Waals surface area (Å²) < 4.78 is 1.43. The van der Waals surface area contributed by atoms with Gasteiger partial charge in [-0.05, 0) is 25.1 Å². The zero-order valence-electron chi connectivity index (χ0n) is 8.71. The fourth-order valence-electron chi connectivity index (χ4n) is 1.31. The van der Waals surface area contributed by atoms with Crippen molar-refractivity contribution in [2.45, 2.75) is 6.92 Å². The molecule has 4 N–H and O–H groups in total. The van der Waals surface area contributed by atoms with E-state index in [0.717, 1.165) is 5.69 Å². The maximum absolute atomic E-state index is 10.9. The largest absolute Gasteiger partial charge is 0.396 e. The van der Waals surface area contributed by atoms with Crippen molar-refractivity contribution in [1.29, 1.82) is 0 Å². The van der Waals surface area contributed by atoms with Crippen molar-refractivity contribution in [1.82, 2.24) is 14.8 Å². The molecule has 2 aromatic rings. The van der Waals surface area contributed by atoms with Crippen molar-refractivity contribution in [2.24, 2.45) is 5.73 Å². The van der Waals surface area contributed by atoms with Crippen molar-refractivity contribution < 1.29 is 4.79 Å². The van der Waals surface area contributed by atoms with E-state index in [0.29, 0.717) is 11.5 Å². The molecule has 0 unspecified atom stereocenters. The van der Waals surface area contributed by atoms with E-state index in [1.165, 1.54) is 10.7 Å². The highest BCUT2D eigenvalue weighted by molar-refractivity contribution is 5.90. The molecule has 0 radical (unpaired) electrons. The molecule has 6 heteroatoms. The van der Waals surface area contributed by atoms with Crippen LogP contribution in [0.25, 0.3) is 5.82 Å². The van der Waals surface area contributed by atoms with Gasteiger partial charge in [0.1, 0.15) is 5.69 Å². The Labute approximate surface area is 91.9 Å². The molecule has 2 rings (SSSR count). The lowest BCUT2D eigenvalue weighted by molar-refractivity contribution is 0.0995. The molecule has 0 aliphatic carbocycles. The zero-order valence-corrected chi connectivity index (χ0v) is 8.71. The quantitative estimate of drug-likeness (QED) is 0.753. The summed E-state index contributed by atoms with van der Waals surface area (Å²) in [6, 6.07) is 5.06. The molecule has 0 saturated heterocycles. The summed E-state index contributed by atoms with van der Waals surface area (Å²) in [6.07, 6.45) is 1.60. The number of pyridine rings is 1. The predicted molar refractivity (Wildman–Crippen MR) is 59.0 cm³/mol. The van der Waals surface area contributed by atoms with E-state index in [-0.39, 0.29) is 5.69 Å². The van der Waals surface area contributed by atoms with Gasteiger partial charge in [0.25, 0.3) is 5.91 Å². The Morgan fingerprint density at radius 3 is 2.75 bits per heavy atom. The lowest BCUT2D eigenvalue weighted by atomic mass is 10.3. The molecule has 1 amide bonds. The maximum Gasteiger partial charge on any atom is 0.269 e. The van der Waals surface area contributed by atoms with Crippen LogP contribution < -0.4 is 11.5 Å². The van der Waals surface area contributed by atoms with Gasteiger partial charge in [0.2, 0.25) is 0 Å². The first-order valence-electron chi connectivity index (χ1n) is 4.67. The molecule has 0 aliphatic heterocycles. The van der Waals surface area contributed by atoms with Crippen LogP contribution in [0.1, 0.15) is 16.2 Å². The van der Waals surface area contributed by atoms with Crippen molar-refractivity contribution in [3.8, 4) is 5.82 Å². The van der Waals surface area contributed by atoms with E-state index < -0.39 is 5.91 Å². The number of primary amides is 1. The Morgan fingerprint density at radius 1 is 1.38 bits per heavy atom. The molecule has 0 bridgehead atoms. The van der Waals surface area contributed by atoms with Gasteiger partial charge in [-0.2, -0.15) is 5.10 Å². The van der Waals surface area contributed by atoms with Gasteiger partial charge in [0.05, 0.1) is 5.69 Å². The normalized spacial score (nSPS) is 10.3. The average Bonchev–Trinajstić information content (AvgIpc) is 2.70. The SMILES string of the molecule is Cc1ccc(N)c(-n2ccc(C(N)=O)n2)n1. The van der Waals surface area contributed by atoms with Crippen molar-refractivity contribution in [3.63, 3.8) is 0 Å². The molecule has 0 aliphatic rings. The Bertz CT molecular complexity index is 546. The third-order valence-electron chi connectivity index (χ3n) is 2.10. The summed E-state index contributed by atoms with van der Waals surface area (Å²) in [4.78, 5) is 15.1. The van der Waals surface area contributed by atoms with Crippen LogP contribution in [0, 0.1) is 6.92 Å². The molecule has 0 spiro atoms. The van der Waals surface area contributed by atoms with Crippen LogP contribution in [-0.4, -0.2) is 20.7 Å². The first kappa shape index (κ1) is 10.2. The summed E-state index contributed by atoms with van der Waals surface area (Å²) in [7, 11) is 0. The third kappa shape index (κ3) is 1.72. The van der Waals surface area contributed by atoms with Crippen LogP contribution >= 0.6 is 0 Å². The summed E-state index contributed by atoms with van der Waals surface area (Å²) >= 11 is 0. The van der Waals surface area contributed by atoms with Gasteiger partial charge in [-0.25, -0.2) is 9.67 Å². The monoisotopic (exact) mass is 217 g/mol. The molecule has 0 fully saturated rings. The molecule has 0 aromatic carbocycles. The summed E-state index contributed by atoms with van der Waals surface area (Å²) in [5.41, 5.74) is 12.4. The van der Waals surface area contributed by atoms with Crippen molar-refractivity contribution in [2.75, 3.05) is 5.73 Å². The van der Waals surface area contributed by atoms with Crippen LogP contribution in [0.3, 0.4) is 0 Å². The standard InChI is InChI=1S/C10H11N5O/c1-6-2-3-7(11)10(13-6)15-5-4-8(14-15)9(12)16/h2-5H,11H2,1H3,(H2,12,16). The van der Waals surface area contributed by atoms with Crippen molar-refractivity contribution in [3.05, 3.63) is 35.8 Å². The highest BCUT2D eigenvalue weighted by atomic mass is 16.1. The lowest BCUT2D eigenvalue weighted by Crippen LogP contribution is -2.13. The van der Waals surface area contributed by atoms with Gasteiger partial charge in [-0.15, -0.1) is 0 Å². The van der Waals surface area contributed by atoms with E-state index >= 15 is 0 Å². The average molecular weight is 217 g/mol. The Kier molecular flexibility index (Phi) is 2.32. The van der Waals surface area contributed by atoms with E-state index in [2.05, 4.69) is 10.1 Å². The van der Waals surface area contributed by atoms with E-state index in [9.17, 15) is 4.79 Å². The van der Waals surface area contributed by atoms with Crippen LogP contribution in [0.4, 0.5) is 5.69 Å². The maximum atomic E-state index is 10.9. The number of aryl methyl sites for hydroxylation is 1. The minimum absolute atomic E-state index is 0.183. The number of anilines is 1. The number of hydrogen-bond acceptors (Lipinski definition) is 4. The third-order valence-corrected chi connectivity index (χ3v) is 2.10. The van der Waals surface area contributed by atoms with Gasteiger partial charge in [-0.3, -0.25) is 4.79 Å². The Morgan fingerprint density at radius 2 is 2.12 bits per heavy atom. The number of rotatable bonds is 2. The summed E-state index contributed by atoms with van der Waals surface area (Å²) in [5, 5.41) is 3.98. The number of aromatic nitrogens is 3. The van der Waals surface area contributed by atoms with E-state index in [1.54, 1.807) is 18.3 Å². The number of carbonyl (C=O) groups is 1. The van der Waals surface area contributed by atoms with Crippen LogP contribution in [0.5, 0.6) is 0 Å². The molecule has 0 atom stereocenters. The Hall–Kier alpha value is -2.37. The second-order valence-corrected chi connectivity index (χ2v) is 3.38. The highest BCUT2D eigenvalue weighted by Gasteiger charge is 2.09. The van der Waals surface area contributed by atoms with Gasteiger partial charge < -0.3 is 11.5 Å². The van der Waals surface area contributed by atoms with E-state index in [4.69, 9.17) is 11.5 Å². The van der Waals surface area contributed by atoms with Crippen LogP contribution in [0.2, 0.25) is 0 Å². The molecular weight excluding hydrogens is 206 g/mol. The fraction of sp³-hybridized carbons (Fsp3) is 0.100. The van der Waals surface area contributed by atoms with Gasteiger partial charge in [0.15, 0.2) is 5.82 Å². The second kappa shape index (κ2) is 3.65. The highest BCUT2D eigenvalue weighted by Crippen LogP contribution is 2.14. The fourth-order valence-corrected chi connectivity index (χ4v) is 1.31. The molecule has 16 heavy (non-hydrogen) atoms. The smallest absolute Gasteiger partial charge is 0.269 e. The first-order chi connectivity index (χ1) is 7.58. The molecule has 0 saturated carbocycles. The number of carbonyl (C=O) groups excluding carboxylic acids is 1. The summed E-state index contributed by atoms with van der Waals surface area (Å²) in [6.45, 7) is 1.85. The van der Waals surface area contributed by atoms with Gasteiger partial charge in [-0.1, -0.05) is 0 Å². The van der Waals surface area contributed by atoms with Gasteiger partial charge >= 0.3 is 0 Å². The van der Waals surface area contributed by atoms with Crippen LogP contribution in [0.15, 0.2) is 24.4 Å². The molecule has 82 valence electrons. The first-order valence-corrected chi connectivity index (χ1v) is 4.67. The predicted octanol–water partition coefficient (Wildman–Crippen LogP) is 0.257. The number of nitrogens with zero attached hydrogens (tertiary/aromatic N) is 3. The van der Waals surface area contributed by atoms with E-state index in [1.807, 2.05) is 6.92 Å². The molecule has 2 heterocycles. The topological polar surface area (TPSA) is 99.8 Å². The zero-order chi connectivity index (χ0) is 11.7. The molecule has 2 aromatic heterocycles. The van der Waals surface area contributed by atoms with Gasteiger partial charge in [0, 0.05) is 11.9 Å². The minimum atomic E-state index is -0.579. The Balaban J connectivity index is 2.50. The lowest BCUT2D eigenvalue weighted by Gasteiger charge is -2.04. The molecule has 6 nitrogen and oxygen atoms in total. The number of nitrogen functional groups attached to an aromatic ring is 1. The summed E-state index contributed by atoms with van der Waals surface area (Å²) in [5.74, 6) is -0.0857. The minimum Gasteiger partial charge on any atom is -0.396 e. The van der Waals surface area contributed by atoms with Crippen LogP contribution in [-0.2, 0) is 0 Å². The molecular formula is C10H11N5O. The number of amides is 1. The second-order valence-electron chi connectivity index (χ2n) is 3.38. The number of hydrogen-bond donors (Lipinski definition) is 2. The van der Waals surface area contributed by atoms with Crippen molar-refractivity contribution >= 4 is 11.6 Å².